The highest BCUT2D eigenvalue weighted by atomic mass is 35.5. The molecule has 1 aliphatic carbocycles. The lowest BCUT2D eigenvalue weighted by atomic mass is 9.88. The number of nitrogens with zero attached hydrogens (tertiary/aromatic N) is 1. The summed E-state index contributed by atoms with van der Waals surface area (Å²) in [5, 5.41) is 3.55. The van der Waals surface area contributed by atoms with E-state index < -0.39 is 10.0 Å². The molecule has 0 spiro atoms. The summed E-state index contributed by atoms with van der Waals surface area (Å²) in [6.07, 6.45) is 5.44. The molecule has 0 saturated heterocycles. The molecular formula is C13H15ClN2O2S. The Hall–Kier alpha value is -1.07. The van der Waals surface area contributed by atoms with Gasteiger partial charge in [0, 0.05) is 5.92 Å². The van der Waals surface area contributed by atoms with Crippen molar-refractivity contribution in [1.82, 2.24) is 0 Å². The minimum absolute atomic E-state index is 0.166. The van der Waals surface area contributed by atoms with Crippen molar-refractivity contribution < 1.29 is 8.42 Å². The SMILES string of the molecule is O=S1(=O)N=C(C2CCCCC2)Nc2c(Cl)cccc21. The first-order valence-corrected chi connectivity index (χ1v) is 8.30. The third-order valence-corrected chi connectivity index (χ3v) is 5.36. The average molecular weight is 299 g/mol. The summed E-state index contributed by atoms with van der Waals surface area (Å²) < 4.78 is 28.3. The monoisotopic (exact) mass is 298 g/mol. The first-order chi connectivity index (χ1) is 9.08. The predicted molar refractivity (Wildman–Crippen MR) is 76.3 cm³/mol. The van der Waals surface area contributed by atoms with Gasteiger partial charge in [0.2, 0.25) is 0 Å². The largest absolute Gasteiger partial charge is 0.340 e. The van der Waals surface area contributed by atoms with Crippen LogP contribution in [0.5, 0.6) is 0 Å². The second-order valence-corrected chi connectivity index (χ2v) is 7.00. The molecule has 0 bridgehead atoms. The molecule has 6 heteroatoms. The van der Waals surface area contributed by atoms with Crippen molar-refractivity contribution in [3.05, 3.63) is 23.2 Å². The van der Waals surface area contributed by atoms with Crippen molar-refractivity contribution in [2.24, 2.45) is 10.3 Å². The normalized spacial score (nSPS) is 22.3. The van der Waals surface area contributed by atoms with E-state index in [2.05, 4.69) is 9.71 Å². The van der Waals surface area contributed by atoms with Crippen LogP contribution in [0.1, 0.15) is 32.1 Å². The van der Waals surface area contributed by atoms with E-state index in [1.54, 1.807) is 12.1 Å². The van der Waals surface area contributed by atoms with Crippen LogP contribution in [0.15, 0.2) is 27.5 Å². The Morgan fingerprint density at radius 2 is 1.95 bits per heavy atom. The van der Waals surface area contributed by atoms with Crippen LogP contribution in [-0.4, -0.2) is 14.3 Å². The molecular weight excluding hydrogens is 284 g/mol. The lowest BCUT2D eigenvalue weighted by molar-refractivity contribution is 0.439. The van der Waals surface area contributed by atoms with Crippen LogP contribution in [-0.2, 0) is 10.0 Å². The first-order valence-electron chi connectivity index (χ1n) is 6.48. The summed E-state index contributed by atoms with van der Waals surface area (Å²) in [6.45, 7) is 0. The quantitative estimate of drug-likeness (QED) is 0.864. The van der Waals surface area contributed by atoms with Gasteiger partial charge in [-0.2, -0.15) is 8.42 Å². The van der Waals surface area contributed by atoms with Crippen molar-refractivity contribution >= 4 is 33.1 Å². The van der Waals surface area contributed by atoms with E-state index in [0.717, 1.165) is 25.7 Å². The van der Waals surface area contributed by atoms with Crippen LogP contribution < -0.4 is 5.32 Å². The van der Waals surface area contributed by atoms with Gasteiger partial charge in [-0.25, -0.2) is 0 Å². The topological polar surface area (TPSA) is 58.5 Å². The van der Waals surface area contributed by atoms with Crippen LogP contribution in [0, 0.1) is 5.92 Å². The van der Waals surface area contributed by atoms with Gasteiger partial charge in [0.15, 0.2) is 0 Å². The zero-order valence-electron chi connectivity index (χ0n) is 10.4. The summed E-state index contributed by atoms with van der Waals surface area (Å²) in [6, 6.07) is 4.85. The fourth-order valence-electron chi connectivity index (χ4n) is 2.72. The molecule has 1 aromatic rings. The maximum atomic E-state index is 12.2. The fraction of sp³-hybridized carbons (Fsp3) is 0.462. The van der Waals surface area contributed by atoms with Crippen LogP contribution in [0.3, 0.4) is 0 Å². The number of para-hydroxylation sites is 1. The van der Waals surface area contributed by atoms with E-state index >= 15 is 0 Å². The third-order valence-electron chi connectivity index (χ3n) is 3.72. The summed E-state index contributed by atoms with van der Waals surface area (Å²) in [4.78, 5) is 0.166. The summed E-state index contributed by atoms with van der Waals surface area (Å²) >= 11 is 6.09. The van der Waals surface area contributed by atoms with Crippen molar-refractivity contribution in [2.75, 3.05) is 5.32 Å². The number of nitrogens with one attached hydrogen (secondary N) is 1. The van der Waals surface area contributed by atoms with Crippen molar-refractivity contribution in [2.45, 2.75) is 37.0 Å². The maximum Gasteiger partial charge on any atom is 0.286 e. The van der Waals surface area contributed by atoms with Gasteiger partial charge in [-0.15, -0.1) is 4.40 Å². The van der Waals surface area contributed by atoms with Gasteiger partial charge in [0.25, 0.3) is 10.0 Å². The van der Waals surface area contributed by atoms with Gasteiger partial charge in [-0.3, -0.25) is 0 Å². The van der Waals surface area contributed by atoms with Gasteiger partial charge in [0.05, 0.1) is 10.7 Å². The summed E-state index contributed by atoms with van der Waals surface area (Å²) in [7, 11) is -3.62. The van der Waals surface area contributed by atoms with Crippen molar-refractivity contribution in [1.29, 1.82) is 0 Å². The number of fused-ring (bicyclic) bond motifs is 1. The number of hydrogen-bond acceptors (Lipinski definition) is 3. The van der Waals surface area contributed by atoms with Crippen molar-refractivity contribution in [3.63, 3.8) is 0 Å². The first kappa shape index (κ1) is 12.9. The highest BCUT2D eigenvalue weighted by Gasteiger charge is 2.30. The Labute approximate surface area is 117 Å². The number of hydrogen-bond donors (Lipinski definition) is 1. The molecule has 3 rings (SSSR count). The average Bonchev–Trinajstić information content (AvgIpc) is 2.40. The van der Waals surface area contributed by atoms with Gasteiger partial charge < -0.3 is 5.32 Å². The molecule has 1 N–H and O–H groups in total. The van der Waals surface area contributed by atoms with E-state index in [1.165, 1.54) is 12.5 Å². The molecule has 1 aromatic carbocycles. The van der Waals surface area contributed by atoms with Crippen LogP contribution >= 0.6 is 11.6 Å². The highest BCUT2D eigenvalue weighted by molar-refractivity contribution is 7.90. The molecule has 1 fully saturated rings. The van der Waals surface area contributed by atoms with Gasteiger partial charge in [0.1, 0.15) is 10.7 Å². The van der Waals surface area contributed by atoms with E-state index in [1.807, 2.05) is 0 Å². The molecule has 0 atom stereocenters. The molecule has 19 heavy (non-hydrogen) atoms. The number of anilines is 1. The minimum atomic E-state index is -3.62. The molecule has 1 heterocycles. The number of rotatable bonds is 1. The minimum Gasteiger partial charge on any atom is -0.340 e. The maximum absolute atomic E-state index is 12.2. The number of benzene rings is 1. The zero-order chi connectivity index (χ0) is 13.5. The van der Waals surface area contributed by atoms with E-state index in [0.29, 0.717) is 16.5 Å². The van der Waals surface area contributed by atoms with Crippen LogP contribution in [0.2, 0.25) is 5.02 Å². The molecule has 0 radical (unpaired) electrons. The standard InChI is InChI=1S/C13H15ClN2O2S/c14-10-7-4-8-11-12(10)15-13(16-19(11,17)18)9-5-2-1-3-6-9/h4,7-9H,1-3,5-6H2,(H,15,16). The van der Waals surface area contributed by atoms with Crippen LogP contribution in [0.25, 0.3) is 0 Å². The molecule has 0 amide bonds. The molecule has 1 aliphatic heterocycles. The second kappa shape index (κ2) is 4.80. The second-order valence-electron chi connectivity index (χ2n) is 5.02. The van der Waals surface area contributed by atoms with Crippen LogP contribution in [0.4, 0.5) is 5.69 Å². The number of halogens is 1. The zero-order valence-corrected chi connectivity index (χ0v) is 12.0. The number of amidine groups is 1. The van der Waals surface area contributed by atoms with Gasteiger partial charge in [-0.05, 0) is 25.0 Å². The Morgan fingerprint density at radius 3 is 2.68 bits per heavy atom. The smallest absolute Gasteiger partial charge is 0.286 e. The Balaban J connectivity index is 2.03. The molecule has 102 valence electrons. The lowest BCUT2D eigenvalue weighted by Gasteiger charge is -2.27. The highest BCUT2D eigenvalue weighted by Crippen LogP contribution is 2.36. The molecule has 2 aliphatic rings. The van der Waals surface area contributed by atoms with Crippen molar-refractivity contribution in [3.8, 4) is 0 Å². The van der Waals surface area contributed by atoms with Gasteiger partial charge >= 0.3 is 0 Å². The Kier molecular flexibility index (Phi) is 3.27. The van der Waals surface area contributed by atoms with Gasteiger partial charge in [-0.1, -0.05) is 36.9 Å². The predicted octanol–water partition coefficient (Wildman–Crippen LogP) is 3.43. The Bertz CT molecular complexity index is 634. The number of sulfonamides is 1. The summed E-state index contributed by atoms with van der Waals surface area (Å²) in [5.74, 6) is 0.758. The van der Waals surface area contributed by atoms with E-state index in [-0.39, 0.29) is 10.8 Å². The summed E-state index contributed by atoms with van der Waals surface area (Å²) in [5.41, 5.74) is 0.472. The third kappa shape index (κ3) is 2.37. The molecule has 4 nitrogen and oxygen atoms in total. The van der Waals surface area contributed by atoms with E-state index in [4.69, 9.17) is 11.6 Å². The van der Waals surface area contributed by atoms with E-state index in [9.17, 15) is 8.42 Å². The fourth-order valence-corrected chi connectivity index (χ4v) is 4.22. The molecule has 0 unspecified atom stereocenters. The Morgan fingerprint density at radius 1 is 1.21 bits per heavy atom. The lowest BCUT2D eigenvalue weighted by Crippen LogP contribution is -2.30. The molecule has 1 saturated carbocycles. The molecule has 0 aromatic heterocycles.